The van der Waals surface area contributed by atoms with Crippen molar-refractivity contribution in [2.75, 3.05) is 26.2 Å². The summed E-state index contributed by atoms with van der Waals surface area (Å²) in [4.78, 5) is 2.44. The molecule has 54 valence electrons. The van der Waals surface area contributed by atoms with Crippen molar-refractivity contribution in [3.63, 3.8) is 0 Å². The largest absolute Gasteiger partial charge is 0.329 e. The zero-order chi connectivity index (χ0) is 6.69. The molecule has 9 heavy (non-hydrogen) atoms. The van der Waals surface area contributed by atoms with Crippen molar-refractivity contribution in [1.82, 2.24) is 4.90 Å². The lowest BCUT2D eigenvalue weighted by Gasteiger charge is -2.12. The number of rotatable bonds is 2. The highest BCUT2D eigenvalue weighted by Gasteiger charge is 2.16. The van der Waals surface area contributed by atoms with Gasteiger partial charge >= 0.3 is 0 Å². The van der Waals surface area contributed by atoms with Crippen LogP contribution in [-0.2, 0) is 0 Å². The molecule has 0 aliphatic carbocycles. The van der Waals surface area contributed by atoms with E-state index < -0.39 is 0 Å². The third kappa shape index (κ3) is 1.95. The second-order valence-electron chi connectivity index (χ2n) is 2.98. The summed E-state index contributed by atoms with van der Waals surface area (Å²) in [5.41, 5.74) is 5.41. The number of nitrogens with two attached hydrogens (primary N) is 1. The molecular formula is C7H16N2. The SMILES string of the molecule is C[C@H]1CCN(CCN)C1. The van der Waals surface area contributed by atoms with Crippen molar-refractivity contribution >= 4 is 0 Å². The van der Waals surface area contributed by atoms with Crippen LogP contribution in [0.1, 0.15) is 13.3 Å². The van der Waals surface area contributed by atoms with Crippen molar-refractivity contribution in [3.8, 4) is 0 Å². The summed E-state index contributed by atoms with van der Waals surface area (Å²) < 4.78 is 0. The van der Waals surface area contributed by atoms with Gasteiger partial charge in [-0.3, -0.25) is 0 Å². The number of hydrogen-bond acceptors (Lipinski definition) is 2. The molecule has 0 bridgehead atoms. The second kappa shape index (κ2) is 3.18. The molecule has 0 amide bonds. The monoisotopic (exact) mass is 128 g/mol. The highest BCUT2D eigenvalue weighted by Crippen LogP contribution is 2.13. The molecule has 0 spiro atoms. The van der Waals surface area contributed by atoms with Gasteiger partial charge in [0.2, 0.25) is 0 Å². The fourth-order valence-electron chi connectivity index (χ4n) is 1.41. The van der Waals surface area contributed by atoms with Crippen LogP contribution in [-0.4, -0.2) is 31.1 Å². The van der Waals surface area contributed by atoms with Crippen molar-refractivity contribution in [1.29, 1.82) is 0 Å². The summed E-state index contributed by atoms with van der Waals surface area (Å²) in [7, 11) is 0. The Morgan fingerprint density at radius 3 is 2.89 bits per heavy atom. The minimum absolute atomic E-state index is 0.812. The lowest BCUT2D eigenvalue weighted by Crippen LogP contribution is -2.26. The Bertz CT molecular complexity index is 81.0. The van der Waals surface area contributed by atoms with E-state index in [2.05, 4.69) is 11.8 Å². The van der Waals surface area contributed by atoms with E-state index in [0.717, 1.165) is 19.0 Å². The molecule has 0 radical (unpaired) electrons. The van der Waals surface area contributed by atoms with Gasteiger partial charge in [-0.05, 0) is 18.9 Å². The van der Waals surface area contributed by atoms with Crippen LogP contribution >= 0.6 is 0 Å². The first kappa shape index (κ1) is 7.03. The molecule has 0 aromatic heterocycles. The lowest BCUT2D eigenvalue weighted by molar-refractivity contribution is 0.337. The maximum absolute atomic E-state index is 5.41. The number of likely N-dealkylation sites (tertiary alicyclic amines) is 1. The Hall–Kier alpha value is -0.0800. The summed E-state index contributed by atoms with van der Waals surface area (Å²) in [5, 5.41) is 0. The van der Waals surface area contributed by atoms with Gasteiger partial charge in [-0.25, -0.2) is 0 Å². The molecule has 1 aliphatic rings. The standard InChI is InChI=1S/C7H16N2/c1-7-2-4-9(6-7)5-3-8/h7H,2-6,8H2,1H3/t7-/m0/s1. The third-order valence-corrected chi connectivity index (χ3v) is 1.95. The highest BCUT2D eigenvalue weighted by molar-refractivity contribution is 4.71. The maximum atomic E-state index is 5.41. The Labute approximate surface area is 57.0 Å². The van der Waals surface area contributed by atoms with E-state index in [1.807, 2.05) is 0 Å². The van der Waals surface area contributed by atoms with Crippen LogP contribution in [0.5, 0.6) is 0 Å². The average Bonchev–Trinajstić information content (AvgIpc) is 2.17. The summed E-state index contributed by atoms with van der Waals surface area (Å²) >= 11 is 0. The van der Waals surface area contributed by atoms with Crippen LogP contribution in [0.15, 0.2) is 0 Å². The Kier molecular flexibility index (Phi) is 2.49. The fourth-order valence-corrected chi connectivity index (χ4v) is 1.41. The first-order valence-electron chi connectivity index (χ1n) is 3.75. The molecule has 2 nitrogen and oxygen atoms in total. The Morgan fingerprint density at radius 2 is 2.44 bits per heavy atom. The minimum atomic E-state index is 0.812. The molecule has 1 fully saturated rings. The van der Waals surface area contributed by atoms with Gasteiger partial charge in [0.25, 0.3) is 0 Å². The minimum Gasteiger partial charge on any atom is -0.329 e. The Morgan fingerprint density at radius 1 is 1.67 bits per heavy atom. The normalized spacial score (nSPS) is 29.3. The predicted octanol–water partition coefficient (Wildman–Crippen LogP) is 0.287. The van der Waals surface area contributed by atoms with E-state index in [9.17, 15) is 0 Å². The van der Waals surface area contributed by atoms with E-state index >= 15 is 0 Å². The highest BCUT2D eigenvalue weighted by atomic mass is 15.1. The van der Waals surface area contributed by atoms with E-state index in [4.69, 9.17) is 5.73 Å². The summed E-state index contributed by atoms with van der Waals surface area (Å²) in [6, 6.07) is 0. The van der Waals surface area contributed by atoms with Gasteiger partial charge in [-0.15, -0.1) is 0 Å². The van der Waals surface area contributed by atoms with E-state index in [0.29, 0.717) is 0 Å². The van der Waals surface area contributed by atoms with Crippen LogP contribution < -0.4 is 5.73 Å². The molecule has 2 N–H and O–H groups in total. The van der Waals surface area contributed by atoms with Crippen LogP contribution in [0.3, 0.4) is 0 Å². The summed E-state index contributed by atoms with van der Waals surface area (Å²) in [5.74, 6) is 0.900. The molecule has 1 heterocycles. The molecule has 1 saturated heterocycles. The molecule has 0 aromatic carbocycles. The van der Waals surface area contributed by atoms with Gasteiger partial charge in [-0.1, -0.05) is 6.92 Å². The average molecular weight is 128 g/mol. The first-order chi connectivity index (χ1) is 4.33. The van der Waals surface area contributed by atoms with Crippen molar-refractivity contribution in [2.45, 2.75) is 13.3 Å². The van der Waals surface area contributed by atoms with E-state index in [1.54, 1.807) is 0 Å². The van der Waals surface area contributed by atoms with Gasteiger partial charge in [-0.2, -0.15) is 0 Å². The summed E-state index contributed by atoms with van der Waals surface area (Å²) in [6.45, 7) is 6.73. The van der Waals surface area contributed by atoms with Crippen molar-refractivity contribution in [2.24, 2.45) is 11.7 Å². The maximum Gasteiger partial charge on any atom is 0.0105 e. The van der Waals surface area contributed by atoms with Gasteiger partial charge < -0.3 is 10.6 Å². The zero-order valence-electron chi connectivity index (χ0n) is 6.14. The van der Waals surface area contributed by atoms with Gasteiger partial charge in [0.05, 0.1) is 0 Å². The predicted molar refractivity (Wildman–Crippen MR) is 39.3 cm³/mol. The topological polar surface area (TPSA) is 29.3 Å². The number of hydrogen-bond donors (Lipinski definition) is 1. The molecule has 1 atom stereocenters. The Balaban J connectivity index is 2.14. The zero-order valence-corrected chi connectivity index (χ0v) is 6.14. The van der Waals surface area contributed by atoms with Gasteiger partial charge in [0.1, 0.15) is 0 Å². The molecule has 0 unspecified atom stereocenters. The van der Waals surface area contributed by atoms with Crippen LogP contribution in [0.4, 0.5) is 0 Å². The van der Waals surface area contributed by atoms with Crippen LogP contribution in [0.25, 0.3) is 0 Å². The molecule has 1 aliphatic heterocycles. The van der Waals surface area contributed by atoms with Gasteiger partial charge in [0, 0.05) is 19.6 Å². The smallest absolute Gasteiger partial charge is 0.0105 e. The first-order valence-corrected chi connectivity index (χ1v) is 3.75. The quantitative estimate of drug-likeness (QED) is 0.579. The summed E-state index contributed by atoms with van der Waals surface area (Å²) in [6.07, 6.45) is 1.36. The lowest BCUT2D eigenvalue weighted by atomic mass is 10.2. The molecule has 2 heteroatoms. The van der Waals surface area contributed by atoms with Gasteiger partial charge in [0.15, 0.2) is 0 Å². The number of nitrogens with zero attached hydrogens (tertiary/aromatic N) is 1. The second-order valence-corrected chi connectivity index (χ2v) is 2.98. The molecule has 0 saturated carbocycles. The third-order valence-electron chi connectivity index (χ3n) is 1.95. The van der Waals surface area contributed by atoms with Crippen molar-refractivity contribution in [3.05, 3.63) is 0 Å². The van der Waals surface area contributed by atoms with Crippen LogP contribution in [0.2, 0.25) is 0 Å². The molecular weight excluding hydrogens is 112 g/mol. The molecule has 1 rings (SSSR count). The fraction of sp³-hybridized carbons (Fsp3) is 1.00. The molecule has 0 aromatic rings. The van der Waals surface area contributed by atoms with E-state index in [-0.39, 0.29) is 0 Å². The van der Waals surface area contributed by atoms with Crippen LogP contribution in [0, 0.1) is 5.92 Å². The van der Waals surface area contributed by atoms with E-state index in [1.165, 1.54) is 19.5 Å². The van der Waals surface area contributed by atoms with Crippen molar-refractivity contribution < 1.29 is 0 Å².